The first-order valence-electron chi connectivity index (χ1n) is 10.5. The van der Waals surface area contributed by atoms with Gasteiger partial charge in [-0.25, -0.2) is 23.7 Å². The van der Waals surface area contributed by atoms with Crippen molar-refractivity contribution in [3.8, 4) is 0 Å². The Morgan fingerprint density at radius 1 is 1.16 bits per heavy atom. The summed E-state index contributed by atoms with van der Waals surface area (Å²) in [5.74, 6) is -0.893. The predicted molar refractivity (Wildman–Crippen MR) is 115 cm³/mol. The van der Waals surface area contributed by atoms with Crippen molar-refractivity contribution in [2.75, 3.05) is 13.1 Å². The van der Waals surface area contributed by atoms with Crippen LogP contribution in [0.5, 0.6) is 0 Å². The Kier molecular flexibility index (Phi) is 6.38. The summed E-state index contributed by atoms with van der Waals surface area (Å²) in [4.78, 5) is 13.1. The van der Waals surface area contributed by atoms with Crippen LogP contribution in [0, 0.1) is 18.7 Å². The molecule has 2 aliphatic rings. The van der Waals surface area contributed by atoms with Crippen molar-refractivity contribution < 1.29 is 17.6 Å². The molecule has 9 heteroatoms. The molecule has 2 aromatic carbocycles. The quantitative estimate of drug-likeness (QED) is 0.655. The maximum Gasteiger partial charge on any atom is 0.243 e. The molecule has 3 atom stereocenters. The van der Waals surface area contributed by atoms with Crippen molar-refractivity contribution in [2.45, 2.75) is 43.3 Å². The molecular formula is C22H27FN4O3S. The molecule has 2 aromatic rings. The lowest BCUT2D eigenvalue weighted by atomic mass is 9.98. The first-order chi connectivity index (χ1) is 14.8. The number of benzene rings is 2. The zero-order valence-corrected chi connectivity index (χ0v) is 18.2. The molecule has 3 N–H and O–H groups in total. The number of hydrazine groups is 1. The lowest BCUT2D eigenvalue weighted by Crippen LogP contribution is -2.50. The molecule has 166 valence electrons. The number of nitrogens with one attached hydrogen (secondary N) is 3. The van der Waals surface area contributed by atoms with Gasteiger partial charge in [0.2, 0.25) is 15.9 Å². The number of hydrogen-bond donors (Lipinski definition) is 3. The monoisotopic (exact) mass is 446 g/mol. The Hall–Kier alpha value is -2.33. The third-order valence-corrected chi connectivity index (χ3v) is 7.76. The van der Waals surface area contributed by atoms with Crippen LogP contribution in [0.2, 0.25) is 0 Å². The summed E-state index contributed by atoms with van der Waals surface area (Å²) in [5, 5.41) is 2.95. The van der Waals surface area contributed by atoms with Gasteiger partial charge in [0.05, 0.1) is 17.0 Å². The molecule has 1 amide bonds. The number of sulfonamides is 1. The van der Waals surface area contributed by atoms with E-state index in [2.05, 4.69) is 16.2 Å². The first kappa shape index (κ1) is 21.9. The number of rotatable bonds is 5. The third kappa shape index (κ3) is 4.95. The van der Waals surface area contributed by atoms with Crippen LogP contribution in [0.1, 0.15) is 36.4 Å². The van der Waals surface area contributed by atoms with E-state index in [0.29, 0.717) is 25.8 Å². The molecule has 2 saturated heterocycles. The number of hydrogen-bond acceptors (Lipinski definition) is 5. The van der Waals surface area contributed by atoms with E-state index in [4.69, 9.17) is 0 Å². The van der Waals surface area contributed by atoms with E-state index in [-0.39, 0.29) is 35.4 Å². The topological polar surface area (TPSA) is 90.5 Å². The number of nitrogens with zero attached hydrogens (tertiary/aromatic N) is 1. The molecule has 3 unspecified atom stereocenters. The normalized spacial score (nSPS) is 24.8. The summed E-state index contributed by atoms with van der Waals surface area (Å²) in [6.45, 7) is 2.48. The zero-order valence-electron chi connectivity index (χ0n) is 17.3. The van der Waals surface area contributed by atoms with E-state index in [9.17, 15) is 17.6 Å². The zero-order chi connectivity index (χ0) is 22.0. The fraction of sp³-hybridized carbons (Fsp3) is 0.409. The van der Waals surface area contributed by atoms with Crippen molar-refractivity contribution in [3.63, 3.8) is 0 Å². The second-order valence-electron chi connectivity index (χ2n) is 8.21. The van der Waals surface area contributed by atoms with Crippen LogP contribution < -0.4 is 16.2 Å². The minimum absolute atomic E-state index is 0.120. The fourth-order valence-electron chi connectivity index (χ4n) is 4.12. The lowest BCUT2D eigenvalue weighted by molar-refractivity contribution is -0.126. The maximum atomic E-state index is 13.5. The minimum atomic E-state index is -3.63. The predicted octanol–water partition coefficient (Wildman–Crippen LogP) is 2.22. The summed E-state index contributed by atoms with van der Waals surface area (Å²) in [6.07, 6.45) is 1.52. The first-order valence-corrected chi connectivity index (χ1v) is 11.9. The van der Waals surface area contributed by atoms with Crippen LogP contribution in [0.15, 0.2) is 53.4 Å². The summed E-state index contributed by atoms with van der Waals surface area (Å²) in [5.41, 5.74) is 7.90. The van der Waals surface area contributed by atoms with Gasteiger partial charge in [-0.05, 0) is 49.6 Å². The van der Waals surface area contributed by atoms with Crippen molar-refractivity contribution in [1.82, 2.24) is 20.5 Å². The van der Waals surface area contributed by atoms with Crippen molar-refractivity contribution in [1.29, 1.82) is 0 Å². The molecule has 0 spiro atoms. The average molecular weight is 447 g/mol. The molecule has 31 heavy (non-hydrogen) atoms. The molecule has 0 bridgehead atoms. The summed E-state index contributed by atoms with van der Waals surface area (Å²) < 4.78 is 40.8. The molecule has 2 heterocycles. The van der Waals surface area contributed by atoms with Gasteiger partial charge in [0, 0.05) is 25.6 Å². The van der Waals surface area contributed by atoms with Crippen LogP contribution in [0.3, 0.4) is 0 Å². The highest BCUT2D eigenvalue weighted by Gasteiger charge is 2.35. The SMILES string of the molecule is Cc1ccc(S(=O)(=O)N2CCCC(C(=O)NC3CC(c4cccc(F)c4)NN3)C2)cc1. The van der Waals surface area contributed by atoms with E-state index < -0.39 is 15.9 Å². The van der Waals surface area contributed by atoms with Gasteiger partial charge in [-0.1, -0.05) is 29.8 Å². The van der Waals surface area contributed by atoms with Gasteiger partial charge in [0.15, 0.2) is 0 Å². The van der Waals surface area contributed by atoms with Gasteiger partial charge in [-0.2, -0.15) is 4.31 Å². The molecule has 4 rings (SSSR count). The molecule has 0 aliphatic carbocycles. The molecule has 2 aliphatic heterocycles. The van der Waals surface area contributed by atoms with E-state index in [1.165, 1.54) is 16.4 Å². The molecule has 2 fully saturated rings. The van der Waals surface area contributed by atoms with Gasteiger partial charge in [-0.15, -0.1) is 0 Å². The number of piperidine rings is 1. The average Bonchev–Trinajstić information content (AvgIpc) is 3.23. The Bertz CT molecular complexity index is 1040. The molecule has 0 saturated carbocycles. The summed E-state index contributed by atoms with van der Waals surface area (Å²) in [6, 6.07) is 13.0. The molecule has 0 aromatic heterocycles. The second-order valence-corrected chi connectivity index (χ2v) is 10.1. The standard InChI is InChI=1S/C22H27FN4O3S/c1-15-7-9-19(10-8-15)31(29,30)27-11-3-5-17(14-27)22(28)24-21-13-20(25-26-21)16-4-2-6-18(23)12-16/h2,4,6-10,12,17,20-21,25-26H,3,5,11,13-14H2,1H3,(H,24,28). The minimum Gasteiger partial charge on any atom is -0.339 e. The van der Waals surface area contributed by atoms with Gasteiger partial charge >= 0.3 is 0 Å². The van der Waals surface area contributed by atoms with Crippen molar-refractivity contribution in [3.05, 3.63) is 65.5 Å². The largest absolute Gasteiger partial charge is 0.339 e. The highest BCUT2D eigenvalue weighted by molar-refractivity contribution is 7.89. The van der Waals surface area contributed by atoms with Crippen LogP contribution in [-0.4, -0.2) is 37.9 Å². The van der Waals surface area contributed by atoms with Crippen LogP contribution in [0.4, 0.5) is 4.39 Å². The third-order valence-electron chi connectivity index (χ3n) is 5.88. The van der Waals surface area contributed by atoms with Gasteiger partial charge < -0.3 is 5.32 Å². The molecule has 0 radical (unpaired) electrons. The van der Waals surface area contributed by atoms with E-state index in [0.717, 1.165) is 11.1 Å². The van der Waals surface area contributed by atoms with Gasteiger partial charge in [-0.3, -0.25) is 4.79 Å². The molecular weight excluding hydrogens is 419 g/mol. The lowest BCUT2D eigenvalue weighted by Gasteiger charge is -2.31. The van der Waals surface area contributed by atoms with E-state index in [1.54, 1.807) is 30.3 Å². The van der Waals surface area contributed by atoms with Gasteiger partial charge in [0.1, 0.15) is 5.82 Å². The van der Waals surface area contributed by atoms with Gasteiger partial charge in [0.25, 0.3) is 0 Å². The number of carbonyl (C=O) groups is 1. The maximum absolute atomic E-state index is 13.5. The number of carbonyl (C=O) groups excluding carboxylic acids is 1. The summed E-state index contributed by atoms with van der Waals surface area (Å²) >= 11 is 0. The van der Waals surface area contributed by atoms with Crippen LogP contribution in [0.25, 0.3) is 0 Å². The highest BCUT2D eigenvalue weighted by atomic mass is 32.2. The summed E-state index contributed by atoms with van der Waals surface area (Å²) in [7, 11) is -3.63. The van der Waals surface area contributed by atoms with Crippen molar-refractivity contribution in [2.24, 2.45) is 5.92 Å². The Morgan fingerprint density at radius 2 is 1.94 bits per heavy atom. The second kappa shape index (κ2) is 9.04. The Balaban J connectivity index is 1.36. The van der Waals surface area contributed by atoms with E-state index >= 15 is 0 Å². The number of amides is 1. The molecule has 7 nitrogen and oxygen atoms in total. The Morgan fingerprint density at radius 3 is 2.68 bits per heavy atom. The van der Waals surface area contributed by atoms with E-state index in [1.807, 2.05) is 13.0 Å². The number of halogens is 1. The van der Waals surface area contributed by atoms with Crippen LogP contribution in [-0.2, 0) is 14.8 Å². The van der Waals surface area contributed by atoms with Crippen LogP contribution >= 0.6 is 0 Å². The van der Waals surface area contributed by atoms with Crippen molar-refractivity contribution >= 4 is 15.9 Å². The smallest absolute Gasteiger partial charge is 0.243 e. The Labute approximate surface area is 182 Å². The number of aryl methyl sites for hydroxylation is 1. The fourth-order valence-corrected chi connectivity index (χ4v) is 5.64. The highest BCUT2D eigenvalue weighted by Crippen LogP contribution is 2.25.